The Morgan fingerprint density at radius 3 is 2.14 bits per heavy atom. The van der Waals surface area contributed by atoms with Gasteiger partial charge in [0.25, 0.3) is 5.91 Å². The van der Waals surface area contributed by atoms with Crippen molar-refractivity contribution >= 4 is 33.4 Å². The number of anilines is 1. The van der Waals surface area contributed by atoms with E-state index in [0.29, 0.717) is 11.3 Å². The van der Waals surface area contributed by atoms with E-state index in [1.165, 1.54) is 31.2 Å². The zero-order chi connectivity index (χ0) is 20.7. The number of benzene rings is 2. The second-order valence-corrected chi connectivity index (χ2v) is 7.75. The van der Waals surface area contributed by atoms with Crippen LogP contribution in [0.15, 0.2) is 54.6 Å². The number of amides is 1. The van der Waals surface area contributed by atoms with Crippen LogP contribution < -0.4 is 10.0 Å². The number of hydrogen-bond donors (Lipinski definition) is 2. The van der Waals surface area contributed by atoms with Gasteiger partial charge in [-0.25, -0.2) is 8.42 Å². The molecule has 0 saturated carbocycles. The number of sulfonamides is 1. The first kappa shape index (κ1) is 21.1. The Balaban J connectivity index is 1.87. The van der Waals surface area contributed by atoms with E-state index in [1.54, 1.807) is 30.3 Å². The molecular formula is C19H20N2O6S. The zero-order valence-corrected chi connectivity index (χ0v) is 16.2. The maximum atomic E-state index is 12.3. The van der Waals surface area contributed by atoms with E-state index in [2.05, 4.69) is 10.0 Å². The van der Waals surface area contributed by atoms with Crippen molar-refractivity contribution < 1.29 is 27.5 Å². The number of ketones is 1. The maximum absolute atomic E-state index is 12.3. The normalized spacial score (nSPS) is 11.9. The lowest BCUT2D eigenvalue weighted by atomic mass is 10.1. The van der Waals surface area contributed by atoms with E-state index >= 15 is 0 Å². The standard InChI is InChI=1S/C19H20N2O6S/c1-13(18(23)14-8-10-16(11-9-14)21-28(2,25)26)27-17(22)12-20-19(24)15-6-4-3-5-7-15/h3-11,13,21H,12H2,1-2H3,(H,20,24). The largest absolute Gasteiger partial charge is 0.453 e. The molecule has 0 aliphatic carbocycles. The Morgan fingerprint density at radius 2 is 1.57 bits per heavy atom. The molecule has 0 fully saturated rings. The van der Waals surface area contributed by atoms with Gasteiger partial charge in [-0.05, 0) is 43.3 Å². The molecule has 0 saturated heterocycles. The molecule has 0 aliphatic heterocycles. The number of nitrogens with one attached hydrogen (secondary N) is 2. The molecule has 28 heavy (non-hydrogen) atoms. The predicted molar refractivity (Wildman–Crippen MR) is 104 cm³/mol. The van der Waals surface area contributed by atoms with Gasteiger partial charge in [-0.1, -0.05) is 18.2 Å². The fourth-order valence-electron chi connectivity index (χ4n) is 2.29. The van der Waals surface area contributed by atoms with Crippen molar-refractivity contribution in [1.29, 1.82) is 0 Å². The number of hydrogen-bond acceptors (Lipinski definition) is 6. The van der Waals surface area contributed by atoms with E-state index in [4.69, 9.17) is 4.74 Å². The molecule has 0 radical (unpaired) electrons. The molecule has 1 unspecified atom stereocenters. The molecule has 8 nitrogen and oxygen atoms in total. The van der Waals surface area contributed by atoms with Crippen LogP contribution in [-0.4, -0.2) is 45.0 Å². The van der Waals surface area contributed by atoms with Gasteiger partial charge in [-0.15, -0.1) is 0 Å². The van der Waals surface area contributed by atoms with Gasteiger partial charge < -0.3 is 10.1 Å². The van der Waals surface area contributed by atoms with Gasteiger partial charge in [-0.2, -0.15) is 0 Å². The van der Waals surface area contributed by atoms with Crippen molar-refractivity contribution in [2.24, 2.45) is 0 Å². The van der Waals surface area contributed by atoms with Crippen molar-refractivity contribution in [2.75, 3.05) is 17.5 Å². The summed E-state index contributed by atoms with van der Waals surface area (Å²) in [7, 11) is -3.41. The van der Waals surface area contributed by atoms with Crippen molar-refractivity contribution in [2.45, 2.75) is 13.0 Å². The van der Waals surface area contributed by atoms with Crippen molar-refractivity contribution in [1.82, 2.24) is 5.32 Å². The summed E-state index contributed by atoms with van der Waals surface area (Å²) >= 11 is 0. The Labute approximate surface area is 163 Å². The molecule has 1 amide bonds. The molecule has 0 spiro atoms. The lowest BCUT2D eigenvalue weighted by Crippen LogP contribution is -2.34. The minimum absolute atomic E-state index is 0.257. The summed E-state index contributed by atoms with van der Waals surface area (Å²) < 4.78 is 29.7. The summed E-state index contributed by atoms with van der Waals surface area (Å²) in [5.41, 5.74) is 0.974. The van der Waals surface area contributed by atoms with Gasteiger partial charge in [0.05, 0.1) is 6.26 Å². The van der Waals surface area contributed by atoms with Gasteiger partial charge >= 0.3 is 5.97 Å². The number of rotatable bonds is 8. The lowest BCUT2D eigenvalue weighted by molar-refractivity contribution is -0.145. The van der Waals surface area contributed by atoms with Gasteiger partial charge in [0.15, 0.2) is 6.10 Å². The summed E-state index contributed by atoms with van der Waals surface area (Å²) in [4.78, 5) is 36.1. The Hall–Kier alpha value is -3.20. The van der Waals surface area contributed by atoms with E-state index in [9.17, 15) is 22.8 Å². The average Bonchev–Trinajstić information content (AvgIpc) is 2.65. The van der Waals surface area contributed by atoms with Crippen LogP contribution in [0.5, 0.6) is 0 Å². The second kappa shape index (κ2) is 9.14. The number of carbonyl (C=O) groups is 3. The van der Waals surface area contributed by atoms with Crippen LogP contribution in [-0.2, 0) is 19.6 Å². The van der Waals surface area contributed by atoms with Gasteiger partial charge in [0.1, 0.15) is 6.54 Å². The van der Waals surface area contributed by atoms with E-state index in [0.717, 1.165) is 6.26 Å². The molecule has 2 aromatic rings. The molecule has 1 atom stereocenters. The molecule has 0 bridgehead atoms. The second-order valence-electron chi connectivity index (χ2n) is 6.00. The smallest absolute Gasteiger partial charge is 0.326 e. The Kier molecular flexibility index (Phi) is 6.89. The monoisotopic (exact) mass is 404 g/mol. The quantitative estimate of drug-likeness (QED) is 0.510. The fourth-order valence-corrected chi connectivity index (χ4v) is 2.85. The van der Waals surface area contributed by atoms with Gasteiger partial charge in [-0.3, -0.25) is 19.1 Å². The number of esters is 1. The first-order chi connectivity index (χ1) is 13.2. The molecule has 2 aromatic carbocycles. The lowest BCUT2D eigenvalue weighted by Gasteiger charge is -2.13. The average molecular weight is 404 g/mol. The number of ether oxygens (including phenoxy) is 1. The third-order valence-electron chi connectivity index (χ3n) is 3.58. The fraction of sp³-hybridized carbons (Fsp3) is 0.211. The topological polar surface area (TPSA) is 119 Å². The van der Waals surface area contributed by atoms with Crippen molar-refractivity contribution in [3.63, 3.8) is 0 Å². The highest BCUT2D eigenvalue weighted by molar-refractivity contribution is 7.92. The highest BCUT2D eigenvalue weighted by Gasteiger charge is 2.20. The maximum Gasteiger partial charge on any atom is 0.326 e. The number of Topliss-reactive ketones (excluding diaryl/α,β-unsaturated/α-hetero) is 1. The van der Waals surface area contributed by atoms with Crippen LogP contribution in [0, 0.1) is 0 Å². The number of carbonyl (C=O) groups excluding carboxylic acids is 3. The minimum Gasteiger partial charge on any atom is -0.453 e. The summed E-state index contributed by atoms with van der Waals surface area (Å²) in [6.07, 6.45) is -0.0423. The molecule has 0 heterocycles. The van der Waals surface area contributed by atoms with Crippen molar-refractivity contribution in [3.8, 4) is 0 Å². The van der Waals surface area contributed by atoms with E-state index in [1.807, 2.05) is 0 Å². The van der Waals surface area contributed by atoms with Crippen LogP contribution in [0.1, 0.15) is 27.6 Å². The summed E-state index contributed by atoms with van der Waals surface area (Å²) in [5.74, 6) is -1.63. The van der Waals surface area contributed by atoms with Crippen LogP contribution in [0.3, 0.4) is 0 Å². The van der Waals surface area contributed by atoms with Crippen LogP contribution >= 0.6 is 0 Å². The molecule has 2 rings (SSSR count). The highest BCUT2D eigenvalue weighted by Crippen LogP contribution is 2.13. The molecule has 148 valence electrons. The Morgan fingerprint density at radius 1 is 0.964 bits per heavy atom. The molecule has 2 N–H and O–H groups in total. The molecule has 0 aromatic heterocycles. The van der Waals surface area contributed by atoms with Gasteiger partial charge in [0.2, 0.25) is 15.8 Å². The third kappa shape index (κ3) is 6.51. The molecule has 9 heteroatoms. The van der Waals surface area contributed by atoms with Crippen molar-refractivity contribution in [3.05, 3.63) is 65.7 Å². The summed E-state index contributed by atoms with van der Waals surface area (Å²) in [5, 5.41) is 2.42. The first-order valence-corrected chi connectivity index (χ1v) is 10.2. The highest BCUT2D eigenvalue weighted by atomic mass is 32.2. The van der Waals surface area contributed by atoms with Gasteiger partial charge in [0, 0.05) is 16.8 Å². The summed E-state index contributed by atoms with van der Waals surface area (Å²) in [6, 6.07) is 14.1. The SMILES string of the molecule is CC(OC(=O)CNC(=O)c1ccccc1)C(=O)c1ccc(NS(C)(=O)=O)cc1. The Bertz CT molecular complexity index is 956. The molecular weight excluding hydrogens is 384 g/mol. The van der Waals surface area contributed by atoms with Crippen LogP contribution in [0.2, 0.25) is 0 Å². The minimum atomic E-state index is -3.41. The van der Waals surface area contributed by atoms with Crippen LogP contribution in [0.4, 0.5) is 5.69 Å². The third-order valence-corrected chi connectivity index (χ3v) is 4.19. The van der Waals surface area contributed by atoms with Crippen LogP contribution in [0.25, 0.3) is 0 Å². The summed E-state index contributed by atoms with van der Waals surface area (Å²) in [6.45, 7) is 1.05. The van der Waals surface area contributed by atoms with E-state index < -0.39 is 33.8 Å². The first-order valence-electron chi connectivity index (χ1n) is 8.30. The molecule has 0 aliphatic rings. The zero-order valence-electron chi connectivity index (χ0n) is 15.3. The van der Waals surface area contributed by atoms with E-state index in [-0.39, 0.29) is 12.1 Å². The predicted octanol–water partition coefficient (Wildman–Crippen LogP) is 1.60.